The molecule has 0 unspecified atom stereocenters. The average Bonchev–Trinajstić information content (AvgIpc) is 3.32. The van der Waals surface area contributed by atoms with Crippen LogP contribution in [0.3, 0.4) is 0 Å². The molecule has 0 saturated heterocycles. The number of nitrogens with zero attached hydrogens (tertiary/aromatic N) is 2. The van der Waals surface area contributed by atoms with Crippen molar-refractivity contribution in [1.82, 2.24) is 4.98 Å². The smallest absolute Gasteiger partial charge is 0.287 e. The number of hydrogen-bond acceptors (Lipinski definition) is 3. The molecule has 0 amide bonds. The lowest BCUT2D eigenvalue weighted by Crippen LogP contribution is -2.31. The zero-order chi connectivity index (χ0) is 18.8. The van der Waals surface area contributed by atoms with Gasteiger partial charge in [-0.15, -0.1) is 11.3 Å². The lowest BCUT2D eigenvalue weighted by molar-refractivity contribution is -0.662. The Kier molecular flexibility index (Phi) is 3.17. The molecule has 0 aliphatic heterocycles. The third-order valence-electron chi connectivity index (χ3n) is 5.59. The Hall–Kier alpha value is -3.24. The normalized spacial score (nSPS) is 11.9. The summed E-state index contributed by atoms with van der Waals surface area (Å²) in [6.07, 6.45) is 1.89. The second kappa shape index (κ2) is 5.63. The van der Waals surface area contributed by atoms with Crippen molar-refractivity contribution in [2.45, 2.75) is 6.92 Å². The monoisotopic (exact) mass is 381 g/mol. The Bertz CT molecular complexity index is 1540. The highest BCUT2D eigenvalue weighted by molar-refractivity contribution is 7.17. The molecule has 0 saturated carbocycles. The van der Waals surface area contributed by atoms with E-state index in [-0.39, 0.29) is 0 Å². The standard InChI is InChI=1S/C24H17N2OS/c1-14-17(22-24-20(9-10-28-24)25-13-26(22)2)7-8-18-19-11-15-5-3-4-6-16(15)12-21(19)27-23(14)18/h3-13H,1-2H3/q+1. The largest absolute Gasteiger partial charge is 0.456 e. The summed E-state index contributed by atoms with van der Waals surface area (Å²) < 4.78 is 9.67. The highest BCUT2D eigenvalue weighted by Crippen LogP contribution is 2.38. The summed E-state index contributed by atoms with van der Waals surface area (Å²) in [4.78, 5) is 4.53. The number of thiophene rings is 1. The SMILES string of the molecule is Cc1c(-c2c3sccc3nc[n+]2C)ccc2c1oc1cc3ccccc3cc12. The summed E-state index contributed by atoms with van der Waals surface area (Å²) in [5, 5.41) is 6.87. The van der Waals surface area contributed by atoms with Crippen molar-refractivity contribution in [3.8, 4) is 11.3 Å². The van der Waals surface area contributed by atoms with E-state index in [0.717, 1.165) is 22.2 Å². The molecule has 3 aromatic heterocycles. The highest BCUT2D eigenvalue weighted by atomic mass is 32.1. The molecule has 0 radical (unpaired) electrons. The van der Waals surface area contributed by atoms with Crippen LogP contribution in [0.2, 0.25) is 0 Å². The van der Waals surface area contributed by atoms with Crippen LogP contribution in [0.15, 0.2) is 70.7 Å². The molecule has 0 aliphatic carbocycles. The first-order chi connectivity index (χ1) is 13.7. The first-order valence-electron chi connectivity index (χ1n) is 9.27. The van der Waals surface area contributed by atoms with E-state index in [2.05, 4.69) is 83.5 Å². The van der Waals surface area contributed by atoms with Crippen LogP contribution >= 0.6 is 11.3 Å². The number of fused-ring (bicyclic) bond motifs is 5. The lowest BCUT2D eigenvalue weighted by atomic mass is 10.00. The van der Waals surface area contributed by atoms with E-state index in [0.29, 0.717) is 0 Å². The molecule has 0 fully saturated rings. The molecule has 6 rings (SSSR count). The van der Waals surface area contributed by atoms with Crippen molar-refractivity contribution < 1.29 is 8.98 Å². The lowest BCUT2D eigenvalue weighted by Gasteiger charge is -2.07. The van der Waals surface area contributed by atoms with Crippen molar-refractivity contribution in [3.63, 3.8) is 0 Å². The van der Waals surface area contributed by atoms with Gasteiger partial charge in [0.1, 0.15) is 15.9 Å². The van der Waals surface area contributed by atoms with Crippen molar-refractivity contribution in [2.75, 3.05) is 0 Å². The molecule has 0 bridgehead atoms. The molecule has 3 nitrogen and oxygen atoms in total. The van der Waals surface area contributed by atoms with E-state index in [1.165, 1.54) is 37.5 Å². The van der Waals surface area contributed by atoms with Gasteiger partial charge < -0.3 is 4.42 Å². The van der Waals surface area contributed by atoms with Crippen molar-refractivity contribution in [2.24, 2.45) is 7.05 Å². The molecule has 4 heteroatoms. The van der Waals surface area contributed by atoms with E-state index in [1.54, 1.807) is 11.3 Å². The molecule has 0 atom stereocenters. The Morgan fingerprint density at radius 3 is 2.64 bits per heavy atom. The molecule has 3 heterocycles. The second-order valence-electron chi connectivity index (χ2n) is 7.25. The van der Waals surface area contributed by atoms with Crippen LogP contribution in [0.25, 0.3) is 54.2 Å². The van der Waals surface area contributed by atoms with Gasteiger partial charge in [0, 0.05) is 28.0 Å². The molecular weight excluding hydrogens is 364 g/mol. The highest BCUT2D eigenvalue weighted by Gasteiger charge is 2.21. The van der Waals surface area contributed by atoms with Gasteiger partial charge in [-0.2, -0.15) is 0 Å². The van der Waals surface area contributed by atoms with Gasteiger partial charge >= 0.3 is 0 Å². The summed E-state index contributed by atoms with van der Waals surface area (Å²) >= 11 is 1.73. The van der Waals surface area contributed by atoms with Gasteiger partial charge in [-0.3, -0.25) is 0 Å². The molecule has 0 N–H and O–H groups in total. The minimum Gasteiger partial charge on any atom is -0.456 e. The van der Waals surface area contributed by atoms with Gasteiger partial charge in [-0.05, 0) is 52.3 Å². The van der Waals surface area contributed by atoms with E-state index in [4.69, 9.17) is 4.42 Å². The minimum atomic E-state index is 0.939. The van der Waals surface area contributed by atoms with E-state index in [9.17, 15) is 0 Å². The third-order valence-corrected chi connectivity index (χ3v) is 6.50. The molecular formula is C24H17N2OS+. The molecule has 6 aromatic rings. The van der Waals surface area contributed by atoms with E-state index < -0.39 is 0 Å². The Morgan fingerprint density at radius 2 is 1.79 bits per heavy atom. The fourth-order valence-corrected chi connectivity index (χ4v) is 5.12. The first-order valence-corrected chi connectivity index (χ1v) is 10.2. The Morgan fingerprint density at radius 1 is 0.964 bits per heavy atom. The van der Waals surface area contributed by atoms with Crippen LogP contribution in [0.1, 0.15) is 5.56 Å². The second-order valence-corrected chi connectivity index (χ2v) is 8.17. The fraction of sp³-hybridized carbons (Fsp3) is 0.0833. The van der Waals surface area contributed by atoms with Crippen LogP contribution < -0.4 is 4.57 Å². The molecule has 3 aromatic carbocycles. The zero-order valence-corrected chi connectivity index (χ0v) is 16.4. The molecule has 28 heavy (non-hydrogen) atoms. The summed E-state index contributed by atoms with van der Waals surface area (Å²) in [5.41, 5.74) is 6.47. The summed E-state index contributed by atoms with van der Waals surface area (Å²) in [6.45, 7) is 2.15. The van der Waals surface area contributed by atoms with Gasteiger partial charge in [-0.1, -0.05) is 24.3 Å². The maximum absolute atomic E-state index is 6.37. The molecule has 0 aliphatic rings. The Balaban J connectivity index is 1.70. The number of aryl methyl sites for hydroxylation is 2. The van der Waals surface area contributed by atoms with Crippen LogP contribution in [0.4, 0.5) is 0 Å². The van der Waals surface area contributed by atoms with Crippen molar-refractivity contribution >= 4 is 54.3 Å². The van der Waals surface area contributed by atoms with Crippen LogP contribution in [0, 0.1) is 6.92 Å². The topological polar surface area (TPSA) is 29.9 Å². The number of aromatic nitrogens is 2. The van der Waals surface area contributed by atoms with Gasteiger partial charge in [0.05, 0.1) is 7.05 Å². The van der Waals surface area contributed by atoms with Gasteiger partial charge in [-0.25, -0.2) is 4.57 Å². The summed E-state index contributed by atoms with van der Waals surface area (Å²) in [7, 11) is 2.05. The fourth-order valence-electron chi connectivity index (χ4n) is 4.18. The third kappa shape index (κ3) is 2.09. The average molecular weight is 381 g/mol. The summed E-state index contributed by atoms with van der Waals surface area (Å²) in [5.74, 6) is 0. The number of hydrogen-bond donors (Lipinski definition) is 0. The predicted molar refractivity (Wildman–Crippen MR) is 116 cm³/mol. The molecule has 134 valence electrons. The van der Waals surface area contributed by atoms with Crippen molar-refractivity contribution in [1.29, 1.82) is 0 Å². The van der Waals surface area contributed by atoms with E-state index in [1.807, 2.05) is 6.33 Å². The van der Waals surface area contributed by atoms with Crippen LogP contribution in [-0.2, 0) is 7.05 Å². The van der Waals surface area contributed by atoms with E-state index >= 15 is 0 Å². The zero-order valence-electron chi connectivity index (χ0n) is 15.6. The number of furan rings is 1. The van der Waals surface area contributed by atoms with Gasteiger partial charge in [0.2, 0.25) is 0 Å². The minimum absolute atomic E-state index is 0.939. The molecule has 0 spiro atoms. The Labute approximate surface area is 165 Å². The summed E-state index contributed by atoms with van der Waals surface area (Å²) in [6, 6.07) is 19.3. The maximum atomic E-state index is 6.37. The quantitative estimate of drug-likeness (QED) is 0.320. The first kappa shape index (κ1) is 15.8. The van der Waals surface area contributed by atoms with Crippen LogP contribution in [-0.4, -0.2) is 4.98 Å². The number of rotatable bonds is 1. The number of benzene rings is 3. The maximum Gasteiger partial charge on any atom is 0.287 e. The van der Waals surface area contributed by atoms with Gasteiger partial charge in [0.15, 0.2) is 11.2 Å². The van der Waals surface area contributed by atoms with Crippen LogP contribution in [0.5, 0.6) is 0 Å². The predicted octanol–water partition coefficient (Wildman–Crippen LogP) is 6.15. The van der Waals surface area contributed by atoms with Gasteiger partial charge in [0.25, 0.3) is 6.33 Å². The van der Waals surface area contributed by atoms with Crippen molar-refractivity contribution in [3.05, 3.63) is 71.9 Å².